The monoisotopic (exact) mass is 358 g/mol. The van der Waals surface area contributed by atoms with Crippen LogP contribution in [0.15, 0.2) is 48.5 Å². The number of nitrogens with one attached hydrogen (secondary N) is 1. The molecule has 0 saturated carbocycles. The fourth-order valence-electron chi connectivity index (χ4n) is 2.03. The van der Waals surface area contributed by atoms with E-state index in [0.29, 0.717) is 17.0 Å². The van der Waals surface area contributed by atoms with Crippen molar-refractivity contribution in [1.82, 2.24) is 0 Å². The first-order valence-corrected chi connectivity index (χ1v) is 7.84. The second-order valence-corrected chi connectivity index (χ2v) is 5.38. The van der Waals surface area contributed by atoms with E-state index in [4.69, 9.17) is 9.47 Å². The molecule has 0 aliphatic rings. The molecule has 0 aliphatic carbocycles. The minimum absolute atomic E-state index is 0.00197. The number of para-hydroxylation sites is 1. The second-order valence-electron chi connectivity index (χ2n) is 5.38. The van der Waals surface area contributed by atoms with Crippen LogP contribution < -0.4 is 10.1 Å². The molecular formula is C18H18N2O6. The number of carbonyl (C=O) groups excluding carboxylic acids is 2. The molecule has 8 nitrogen and oxygen atoms in total. The van der Waals surface area contributed by atoms with Crippen LogP contribution in [0.25, 0.3) is 0 Å². The van der Waals surface area contributed by atoms with Gasteiger partial charge in [0.05, 0.1) is 23.6 Å². The summed E-state index contributed by atoms with van der Waals surface area (Å²) < 4.78 is 10.2. The number of aryl methyl sites for hydroxylation is 1. The highest BCUT2D eigenvalue weighted by molar-refractivity contribution is 5.93. The zero-order valence-electron chi connectivity index (χ0n) is 14.1. The molecule has 2 aromatic carbocycles. The van der Waals surface area contributed by atoms with Gasteiger partial charge in [-0.25, -0.2) is 0 Å². The van der Waals surface area contributed by atoms with Gasteiger partial charge in [-0.3, -0.25) is 19.7 Å². The maximum atomic E-state index is 11.9. The van der Waals surface area contributed by atoms with Gasteiger partial charge in [-0.2, -0.15) is 0 Å². The summed E-state index contributed by atoms with van der Waals surface area (Å²) in [6, 6.07) is 13.1. The molecule has 0 aliphatic heterocycles. The van der Waals surface area contributed by atoms with Crippen LogP contribution in [0.1, 0.15) is 12.0 Å². The Hall–Kier alpha value is -3.42. The van der Waals surface area contributed by atoms with Crippen molar-refractivity contribution in [2.45, 2.75) is 13.3 Å². The largest absolute Gasteiger partial charge is 0.493 e. The number of carbonyl (C=O) groups is 2. The van der Waals surface area contributed by atoms with E-state index in [9.17, 15) is 19.7 Å². The van der Waals surface area contributed by atoms with Crippen LogP contribution in [0.3, 0.4) is 0 Å². The lowest BCUT2D eigenvalue weighted by atomic mass is 10.2. The molecule has 0 saturated heterocycles. The van der Waals surface area contributed by atoms with Gasteiger partial charge in [-0.15, -0.1) is 0 Å². The van der Waals surface area contributed by atoms with Crippen molar-refractivity contribution in [2.75, 3.05) is 18.5 Å². The van der Waals surface area contributed by atoms with Crippen LogP contribution in [0.5, 0.6) is 5.75 Å². The van der Waals surface area contributed by atoms with E-state index >= 15 is 0 Å². The molecule has 1 amide bonds. The number of rotatable bonds is 8. The van der Waals surface area contributed by atoms with Crippen LogP contribution >= 0.6 is 0 Å². The van der Waals surface area contributed by atoms with Crippen LogP contribution in [0.2, 0.25) is 0 Å². The maximum Gasteiger partial charge on any atom is 0.309 e. The third kappa shape index (κ3) is 5.90. The number of benzene rings is 2. The van der Waals surface area contributed by atoms with E-state index in [-0.39, 0.29) is 18.7 Å². The summed E-state index contributed by atoms with van der Waals surface area (Å²) in [5.41, 5.74) is 0.820. The minimum Gasteiger partial charge on any atom is -0.493 e. The third-order valence-corrected chi connectivity index (χ3v) is 3.39. The van der Waals surface area contributed by atoms with Crippen molar-refractivity contribution >= 4 is 23.3 Å². The van der Waals surface area contributed by atoms with E-state index in [1.54, 1.807) is 19.1 Å². The number of hydrogen-bond donors (Lipinski definition) is 1. The molecule has 0 atom stereocenters. The molecule has 136 valence electrons. The molecule has 0 heterocycles. The van der Waals surface area contributed by atoms with Crippen molar-refractivity contribution in [3.63, 3.8) is 0 Å². The number of hydrogen-bond acceptors (Lipinski definition) is 6. The Balaban J connectivity index is 1.75. The fourth-order valence-corrected chi connectivity index (χ4v) is 2.03. The van der Waals surface area contributed by atoms with Crippen molar-refractivity contribution in [2.24, 2.45) is 0 Å². The normalized spacial score (nSPS) is 10.0. The van der Waals surface area contributed by atoms with E-state index in [1.165, 1.54) is 18.2 Å². The number of nitro benzene ring substituents is 1. The predicted molar refractivity (Wildman–Crippen MR) is 94.0 cm³/mol. The summed E-state index contributed by atoms with van der Waals surface area (Å²) >= 11 is 0. The predicted octanol–water partition coefficient (Wildman–Crippen LogP) is 2.85. The molecule has 8 heteroatoms. The van der Waals surface area contributed by atoms with E-state index in [0.717, 1.165) is 0 Å². The lowest BCUT2D eigenvalue weighted by molar-refractivity contribution is -0.384. The highest BCUT2D eigenvalue weighted by Gasteiger charge is 2.12. The molecule has 26 heavy (non-hydrogen) atoms. The number of nitro groups is 1. The number of anilines is 1. The lowest BCUT2D eigenvalue weighted by Gasteiger charge is -2.09. The van der Waals surface area contributed by atoms with Gasteiger partial charge in [0.25, 0.3) is 11.6 Å². The average Bonchev–Trinajstić information content (AvgIpc) is 2.62. The fraction of sp³-hybridized carbons (Fsp3) is 0.222. The summed E-state index contributed by atoms with van der Waals surface area (Å²) in [7, 11) is 0. The highest BCUT2D eigenvalue weighted by Crippen LogP contribution is 2.21. The SMILES string of the molecule is Cc1ccc([N+](=O)[O-])cc1NC(=O)COC(=O)CCOc1ccccc1. The Kier molecular flexibility index (Phi) is 6.67. The Morgan fingerprint density at radius 2 is 1.88 bits per heavy atom. The Morgan fingerprint density at radius 3 is 2.58 bits per heavy atom. The van der Waals surface area contributed by atoms with Gasteiger partial charge in [0.1, 0.15) is 5.75 Å². The first-order chi connectivity index (χ1) is 12.5. The number of ether oxygens (including phenoxy) is 2. The van der Waals surface area contributed by atoms with Gasteiger partial charge >= 0.3 is 5.97 Å². The van der Waals surface area contributed by atoms with Gasteiger partial charge in [0.2, 0.25) is 0 Å². The number of amides is 1. The van der Waals surface area contributed by atoms with E-state index in [2.05, 4.69) is 5.32 Å². The standard InChI is InChI=1S/C18H18N2O6/c1-13-7-8-14(20(23)24)11-16(13)19-17(21)12-26-18(22)9-10-25-15-5-3-2-4-6-15/h2-8,11H,9-10,12H2,1H3,(H,19,21). The second kappa shape index (κ2) is 9.16. The van der Waals surface area contributed by atoms with Crippen LogP contribution in [-0.2, 0) is 14.3 Å². The first-order valence-electron chi connectivity index (χ1n) is 7.84. The topological polar surface area (TPSA) is 108 Å². The summed E-state index contributed by atoms with van der Waals surface area (Å²) in [5.74, 6) is -0.517. The van der Waals surface area contributed by atoms with Crippen molar-refractivity contribution < 1.29 is 24.0 Å². The van der Waals surface area contributed by atoms with Gasteiger partial charge in [0, 0.05) is 12.1 Å². The maximum absolute atomic E-state index is 11.9. The first kappa shape index (κ1) is 18.9. The van der Waals surface area contributed by atoms with Gasteiger partial charge < -0.3 is 14.8 Å². The number of esters is 1. The van der Waals surface area contributed by atoms with Gasteiger partial charge in [-0.1, -0.05) is 24.3 Å². The summed E-state index contributed by atoms with van der Waals surface area (Å²) in [6.07, 6.45) is -0.00197. The average molecular weight is 358 g/mol. The molecule has 1 N–H and O–H groups in total. The summed E-state index contributed by atoms with van der Waals surface area (Å²) in [6.45, 7) is 1.35. The third-order valence-electron chi connectivity index (χ3n) is 3.39. The summed E-state index contributed by atoms with van der Waals surface area (Å²) in [5, 5.41) is 13.3. The number of nitrogens with zero attached hydrogens (tertiary/aromatic N) is 1. The Bertz CT molecular complexity index is 792. The number of non-ortho nitro benzene ring substituents is 1. The van der Waals surface area contributed by atoms with Crippen LogP contribution in [-0.4, -0.2) is 30.0 Å². The quantitative estimate of drug-likeness (QED) is 0.442. The van der Waals surface area contributed by atoms with Crippen molar-refractivity contribution in [3.05, 3.63) is 64.2 Å². The lowest BCUT2D eigenvalue weighted by Crippen LogP contribution is -2.22. The van der Waals surface area contributed by atoms with Crippen molar-refractivity contribution in [1.29, 1.82) is 0 Å². The van der Waals surface area contributed by atoms with Crippen LogP contribution in [0.4, 0.5) is 11.4 Å². The molecule has 0 radical (unpaired) electrons. The zero-order chi connectivity index (χ0) is 18.9. The molecule has 0 bridgehead atoms. The molecule has 0 aromatic heterocycles. The molecular weight excluding hydrogens is 340 g/mol. The molecule has 0 spiro atoms. The van der Waals surface area contributed by atoms with Crippen molar-refractivity contribution in [3.8, 4) is 5.75 Å². The molecule has 2 aromatic rings. The Morgan fingerprint density at radius 1 is 1.15 bits per heavy atom. The highest BCUT2D eigenvalue weighted by atomic mass is 16.6. The minimum atomic E-state index is -0.578. The van der Waals surface area contributed by atoms with E-state index in [1.807, 2.05) is 18.2 Å². The Labute approximate surface area is 149 Å². The van der Waals surface area contributed by atoms with Gasteiger partial charge in [0.15, 0.2) is 6.61 Å². The molecule has 0 fully saturated rings. The van der Waals surface area contributed by atoms with E-state index < -0.39 is 23.4 Å². The van der Waals surface area contributed by atoms with Gasteiger partial charge in [-0.05, 0) is 24.6 Å². The zero-order valence-corrected chi connectivity index (χ0v) is 14.1. The smallest absolute Gasteiger partial charge is 0.309 e. The molecule has 0 unspecified atom stereocenters. The summed E-state index contributed by atoms with van der Waals surface area (Å²) in [4.78, 5) is 33.7. The van der Waals surface area contributed by atoms with Crippen LogP contribution in [0, 0.1) is 17.0 Å². The molecule has 2 rings (SSSR count).